The second kappa shape index (κ2) is 15.6. The van der Waals surface area contributed by atoms with E-state index in [0.29, 0.717) is 44.4 Å². The summed E-state index contributed by atoms with van der Waals surface area (Å²) in [5, 5.41) is 18.4. The van der Waals surface area contributed by atoms with Crippen molar-refractivity contribution in [3.05, 3.63) is 127 Å². The minimum Gasteiger partial charge on any atom is -0.472 e. The summed E-state index contributed by atoms with van der Waals surface area (Å²) in [7, 11) is 0. The van der Waals surface area contributed by atoms with Gasteiger partial charge in [0.1, 0.15) is 19.0 Å². The molecule has 0 fully saturated rings. The molecule has 0 unspecified atom stereocenters. The molecule has 0 spiro atoms. The number of H-pyrrole nitrogens is 1. The maximum Gasteiger partial charge on any atom is 0.270 e. The topological polar surface area (TPSA) is 107 Å². The summed E-state index contributed by atoms with van der Waals surface area (Å²) in [6, 6.07) is 22.8. The molecule has 13 heteroatoms. The first-order valence-electron chi connectivity index (χ1n) is 11.7. The van der Waals surface area contributed by atoms with E-state index >= 15 is 0 Å². The average Bonchev–Trinajstić information content (AvgIpc) is 2.97. The van der Waals surface area contributed by atoms with E-state index in [-0.39, 0.29) is 5.56 Å². The molecule has 2 heterocycles. The van der Waals surface area contributed by atoms with E-state index in [1.54, 1.807) is 0 Å². The van der Waals surface area contributed by atoms with E-state index in [1.807, 2.05) is 72.8 Å². The Morgan fingerprint density at radius 3 is 1.85 bits per heavy atom. The van der Waals surface area contributed by atoms with E-state index in [9.17, 15) is 4.79 Å². The summed E-state index contributed by atoms with van der Waals surface area (Å²) in [5.41, 5.74) is 2.66. The van der Waals surface area contributed by atoms with Crippen molar-refractivity contribution in [3.63, 3.8) is 0 Å². The predicted octanol–water partition coefficient (Wildman–Crippen LogP) is 7.16. The standard InChI is InChI=1S/C17H13Cl2N3OS.C10H8ClN3OS/c18-14-7-3-1-5-12(14)10-23-16-9-20-22-17(21-16)24-11-13-6-2-4-8-15(13)19;11-8-4-2-1-3-7(8)6-16-10-13-9(15)5-12-14-10/h1-9H,10-11H2;1-5H,6H2,(H,13,14,15). The third-order valence-corrected chi connectivity index (χ3v) is 7.95. The lowest BCUT2D eigenvalue weighted by atomic mass is 10.2. The number of nitrogens with one attached hydrogen (secondary N) is 1. The van der Waals surface area contributed by atoms with Crippen LogP contribution in [0, 0.1) is 0 Å². The van der Waals surface area contributed by atoms with Gasteiger partial charge in [-0.1, -0.05) is 113 Å². The lowest BCUT2D eigenvalue weighted by Crippen LogP contribution is -2.08. The zero-order chi connectivity index (χ0) is 28.2. The first-order valence-corrected chi connectivity index (χ1v) is 14.8. The minimum atomic E-state index is -0.253. The van der Waals surface area contributed by atoms with Gasteiger partial charge in [-0.15, -0.1) is 10.2 Å². The van der Waals surface area contributed by atoms with Crippen molar-refractivity contribution in [2.75, 3.05) is 0 Å². The molecule has 0 aliphatic carbocycles. The van der Waals surface area contributed by atoms with Gasteiger partial charge in [-0.3, -0.25) is 9.78 Å². The van der Waals surface area contributed by atoms with Crippen molar-refractivity contribution in [2.45, 2.75) is 28.4 Å². The van der Waals surface area contributed by atoms with Crippen LogP contribution in [0.4, 0.5) is 0 Å². The van der Waals surface area contributed by atoms with Crippen molar-refractivity contribution in [2.24, 2.45) is 0 Å². The Hall–Kier alpha value is -3.15. The minimum absolute atomic E-state index is 0.253. The number of ether oxygens (including phenoxy) is 1. The monoisotopic (exact) mass is 630 g/mol. The highest BCUT2D eigenvalue weighted by molar-refractivity contribution is 7.98. The molecule has 0 aliphatic heterocycles. The van der Waals surface area contributed by atoms with Gasteiger partial charge in [-0.05, 0) is 29.3 Å². The number of halogens is 3. The van der Waals surface area contributed by atoms with Crippen LogP contribution < -0.4 is 10.3 Å². The van der Waals surface area contributed by atoms with Gasteiger partial charge in [-0.2, -0.15) is 15.2 Å². The molecule has 204 valence electrons. The molecule has 5 aromatic rings. The van der Waals surface area contributed by atoms with E-state index in [4.69, 9.17) is 39.5 Å². The Morgan fingerprint density at radius 1 is 0.700 bits per heavy atom. The molecule has 0 bridgehead atoms. The summed E-state index contributed by atoms with van der Waals surface area (Å²) in [6.07, 6.45) is 2.62. The van der Waals surface area contributed by atoms with Crippen LogP contribution in [0.1, 0.15) is 16.7 Å². The van der Waals surface area contributed by atoms with E-state index in [1.165, 1.54) is 29.7 Å². The molecular formula is C27H21Cl3N6O2S2. The number of benzene rings is 3. The SMILES string of the molecule is Clc1ccccc1COc1cnnc(SCc2ccccc2Cl)n1.O=c1cnnc(SCc2ccccc2Cl)[nH]1. The predicted molar refractivity (Wildman–Crippen MR) is 160 cm³/mol. The third-order valence-electron chi connectivity index (χ3n) is 5.04. The fourth-order valence-electron chi connectivity index (χ4n) is 3.05. The van der Waals surface area contributed by atoms with Gasteiger partial charge in [-0.25, -0.2) is 0 Å². The van der Waals surface area contributed by atoms with Crippen molar-refractivity contribution in [3.8, 4) is 5.88 Å². The summed E-state index contributed by atoms with van der Waals surface area (Å²) in [4.78, 5) is 17.9. The van der Waals surface area contributed by atoms with Gasteiger partial charge in [0.05, 0.1) is 0 Å². The lowest BCUT2D eigenvalue weighted by Gasteiger charge is -2.07. The Morgan fingerprint density at radius 2 is 1.25 bits per heavy atom. The Bertz CT molecular complexity index is 1540. The number of nitrogens with zero attached hydrogens (tertiary/aromatic N) is 5. The molecule has 0 atom stereocenters. The first kappa shape index (κ1) is 29.8. The Labute approximate surface area is 253 Å². The number of rotatable bonds is 9. The van der Waals surface area contributed by atoms with Crippen LogP contribution in [0.15, 0.2) is 100 Å². The van der Waals surface area contributed by atoms with E-state index in [2.05, 4.69) is 30.4 Å². The zero-order valence-electron chi connectivity index (χ0n) is 20.7. The second-order valence-corrected chi connectivity index (χ2v) is 11.0. The normalized spacial score (nSPS) is 10.5. The van der Waals surface area contributed by atoms with Crippen molar-refractivity contribution >= 4 is 58.3 Å². The van der Waals surface area contributed by atoms with Gasteiger partial charge in [0.15, 0.2) is 5.16 Å². The average molecular weight is 632 g/mol. The van der Waals surface area contributed by atoms with Crippen LogP contribution in [-0.4, -0.2) is 30.4 Å². The first-order chi connectivity index (χ1) is 19.5. The van der Waals surface area contributed by atoms with E-state index < -0.39 is 0 Å². The number of thioether (sulfide) groups is 2. The number of hydrogen-bond acceptors (Lipinski definition) is 9. The fraction of sp³-hybridized carbons (Fsp3) is 0.111. The molecule has 2 aromatic heterocycles. The summed E-state index contributed by atoms with van der Waals surface area (Å²) in [6.45, 7) is 0.326. The van der Waals surface area contributed by atoms with Crippen LogP contribution in [0.3, 0.4) is 0 Å². The molecule has 40 heavy (non-hydrogen) atoms. The summed E-state index contributed by atoms with van der Waals surface area (Å²) < 4.78 is 5.65. The molecule has 5 rings (SSSR count). The number of aromatic amines is 1. The van der Waals surface area contributed by atoms with Gasteiger partial charge in [0.2, 0.25) is 11.0 Å². The van der Waals surface area contributed by atoms with Crippen LogP contribution in [0.5, 0.6) is 5.88 Å². The molecule has 8 nitrogen and oxygen atoms in total. The Kier molecular flexibility index (Phi) is 11.6. The molecule has 0 saturated heterocycles. The molecule has 1 N–H and O–H groups in total. The molecule has 0 saturated carbocycles. The van der Waals surface area contributed by atoms with Crippen LogP contribution >= 0.6 is 58.3 Å². The highest BCUT2D eigenvalue weighted by atomic mass is 35.5. The van der Waals surface area contributed by atoms with Crippen LogP contribution in [0.25, 0.3) is 0 Å². The van der Waals surface area contributed by atoms with Gasteiger partial charge < -0.3 is 4.74 Å². The van der Waals surface area contributed by atoms with Crippen molar-refractivity contribution in [1.29, 1.82) is 0 Å². The smallest absolute Gasteiger partial charge is 0.270 e. The van der Waals surface area contributed by atoms with Crippen LogP contribution in [-0.2, 0) is 18.1 Å². The van der Waals surface area contributed by atoms with E-state index in [0.717, 1.165) is 27.9 Å². The fourth-order valence-corrected chi connectivity index (χ4v) is 5.42. The largest absolute Gasteiger partial charge is 0.472 e. The quantitative estimate of drug-likeness (QED) is 0.170. The van der Waals surface area contributed by atoms with Crippen molar-refractivity contribution in [1.82, 2.24) is 30.4 Å². The van der Waals surface area contributed by atoms with Gasteiger partial charge >= 0.3 is 0 Å². The highest BCUT2D eigenvalue weighted by Crippen LogP contribution is 2.25. The van der Waals surface area contributed by atoms with Crippen molar-refractivity contribution < 1.29 is 4.74 Å². The highest BCUT2D eigenvalue weighted by Gasteiger charge is 2.07. The maximum absolute atomic E-state index is 11.0. The Balaban J connectivity index is 0.000000201. The molecular weight excluding hydrogens is 611 g/mol. The summed E-state index contributed by atoms with van der Waals surface area (Å²) >= 11 is 21.1. The second-order valence-electron chi connectivity index (χ2n) is 7.86. The number of aromatic nitrogens is 6. The molecule has 0 aliphatic rings. The lowest BCUT2D eigenvalue weighted by molar-refractivity contribution is 0.288. The zero-order valence-corrected chi connectivity index (χ0v) is 24.6. The van der Waals surface area contributed by atoms with Gasteiger partial charge in [0, 0.05) is 32.1 Å². The maximum atomic E-state index is 11.0. The van der Waals surface area contributed by atoms with Crippen LogP contribution in [0.2, 0.25) is 15.1 Å². The molecule has 0 amide bonds. The van der Waals surface area contributed by atoms with Gasteiger partial charge in [0.25, 0.3) is 5.56 Å². The molecule has 3 aromatic carbocycles. The molecule has 0 radical (unpaired) electrons. The summed E-state index contributed by atoms with van der Waals surface area (Å²) in [5.74, 6) is 1.72. The number of hydrogen-bond donors (Lipinski definition) is 1. The third kappa shape index (κ3) is 9.50.